The zero-order valence-corrected chi connectivity index (χ0v) is 15.7. The number of hydrogen-bond acceptors (Lipinski definition) is 7. The third-order valence-electron chi connectivity index (χ3n) is 3.57. The van der Waals surface area contributed by atoms with Crippen molar-refractivity contribution in [3.8, 4) is 0 Å². The van der Waals surface area contributed by atoms with E-state index in [0.717, 1.165) is 0 Å². The molecule has 0 aromatic heterocycles. The Morgan fingerprint density at radius 2 is 1.81 bits per heavy atom. The lowest BCUT2D eigenvalue weighted by atomic mass is 10.1. The zero-order chi connectivity index (χ0) is 19.9. The number of amides is 2. The van der Waals surface area contributed by atoms with E-state index in [1.165, 1.54) is 0 Å². The lowest BCUT2D eigenvalue weighted by Crippen LogP contribution is -2.53. The normalized spacial score (nSPS) is 14.0. The summed E-state index contributed by atoms with van der Waals surface area (Å²) in [4.78, 5) is 35.3. The van der Waals surface area contributed by atoms with Crippen molar-refractivity contribution in [2.24, 2.45) is 17.2 Å². The Morgan fingerprint density at radius 3 is 2.35 bits per heavy atom. The zero-order valence-electron chi connectivity index (χ0n) is 14.8. The Balaban J connectivity index is 4.61. The highest BCUT2D eigenvalue weighted by atomic mass is 32.1. The summed E-state index contributed by atoms with van der Waals surface area (Å²) >= 11 is 3.96. The van der Waals surface area contributed by atoms with Gasteiger partial charge in [-0.25, -0.2) is 0 Å². The predicted octanol–water partition coefficient (Wildman–Crippen LogP) is -2.28. The van der Waals surface area contributed by atoms with Gasteiger partial charge >= 0.3 is 0 Å². The highest BCUT2D eigenvalue weighted by molar-refractivity contribution is 7.80. The minimum absolute atomic E-state index is 0.112. The molecular weight excluding hydrogens is 358 g/mol. The van der Waals surface area contributed by atoms with Gasteiger partial charge < -0.3 is 33.2 Å². The standard InChI is InChI=1S/C15H30N7O3S/c16-6-2-1-5-12(14(25)21-10(8-23)9-26)22-13(24)11(17)4-3-7-20-15(18)19/h10-12,26H,1-7,9,16-17H2,(H,21,25)(H,22,24)(H4,18,19,20)/t10-,11+,12+/m1/s1. The molecule has 0 rings (SSSR count). The van der Waals surface area contributed by atoms with Crippen molar-refractivity contribution in [2.75, 3.05) is 18.8 Å². The van der Waals surface area contributed by atoms with Gasteiger partial charge in [0.2, 0.25) is 18.1 Å². The van der Waals surface area contributed by atoms with Crippen LogP contribution in [0.15, 0.2) is 0 Å². The number of thiol groups is 1. The maximum Gasteiger partial charge on any atom is 0.243 e. The maximum atomic E-state index is 12.3. The Hall–Kier alpha value is -1.85. The van der Waals surface area contributed by atoms with Gasteiger partial charge in [0, 0.05) is 12.3 Å². The Kier molecular flexibility index (Phi) is 13.3. The van der Waals surface area contributed by atoms with Gasteiger partial charge in [-0.05, 0) is 38.6 Å². The first kappa shape index (κ1) is 24.1. The number of carbonyl (C=O) groups is 2. The molecule has 0 saturated heterocycles. The maximum absolute atomic E-state index is 12.3. The number of nitrogens with one attached hydrogen (secondary N) is 4. The average molecular weight is 389 g/mol. The minimum Gasteiger partial charge on any atom is -0.370 e. The number of rotatable bonds is 14. The van der Waals surface area contributed by atoms with Gasteiger partial charge in [-0.2, -0.15) is 12.6 Å². The second-order valence-electron chi connectivity index (χ2n) is 5.80. The monoisotopic (exact) mass is 388 g/mol. The van der Waals surface area contributed by atoms with Gasteiger partial charge in [0.25, 0.3) is 0 Å². The molecule has 0 aliphatic carbocycles. The van der Waals surface area contributed by atoms with E-state index in [2.05, 4.69) is 28.6 Å². The molecule has 2 amide bonds. The lowest BCUT2D eigenvalue weighted by Gasteiger charge is -2.22. The molecule has 0 aliphatic heterocycles. The SMILES string of the molecule is N=C(N)NCCC[C@H](N)C(=O)N[C@@H](CCCCN)C(=O)N[C@H]([C]=O)CS. The van der Waals surface area contributed by atoms with E-state index >= 15 is 0 Å². The molecule has 11 heteroatoms. The van der Waals surface area contributed by atoms with Gasteiger partial charge in [-0.3, -0.25) is 19.8 Å². The molecule has 0 saturated carbocycles. The summed E-state index contributed by atoms with van der Waals surface area (Å²) in [6.07, 6.45) is 4.31. The van der Waals surface area contributed by atoms with Crippen LogP contribution in [0.4, 0.5) is 0 Å². The molecule has 0 aromatic rings. The van der Waals surface area contributed by atoms with E-state index in [1.807, 2.05) is 0 Å². The quantitative estimate of drug-likeness (QED) is 0.0711. The molecule has 0 fully saturated rings. The van der Waals surface area contributed by atoms with Crippen LogP contribution >= 0.6 is 12.6 Å². The largest absolute Gasteiger partial charge is 0.370 e. The van der Waals surface area contributed by atoms with Crippen LogP contribution in [0, 0.1) is 5.41 Å². The average Bonchev–Trinajstić information content (AvgIpc) is 2.61. The van der Waals surface area contributed by atoms with Crippen molar-refractivity contribution in [3.05, 3.63) is 0 Å². The molecule has 0 unspecified atom stereocenters. The number of guanidine groups is 1. The van der Waals surface area contributed by atoms with Crippen molar-refractivity contribution >= 4 is 36.7 Å². The van der Waals surface area contributed by atoms with E-state index in [1.54, 1.807) is 6.29 Å². The summed E-state index contributed by atoms with van der Waals surface area (Å²) < 4.78 is 0. The number of unbranched alkanes of at least 4 members (excludes halogenated alkanes) is 1. The molecule has 149 valence electrons. The summed E-state index contributed by atoms with van der Waals surface area (Å²) in [6, 6.07) is -2.45. The van der Waals surface area contributed by atoms with Gasteiger partial charge in [-0.1, -0.05) is 0 Å². The molecule has 0 spiro atoms. The van der Waals surface area contributed by atoms with Crippen LogP contribution in [0.2, 0.25) is 0 Å². The summed E-state index contributed by atoms with van der Waals surface area (Å²) in [5.74, 6) is -0.978. The van der Waals surface area contributed by atoms with Gasteiger partial charge in [-0.15, -0.1) is 0 Å². The number of hydrogen-bond donors (Lipinski definition) is 8. The first-order chi connectivity index (χ1) is 12.3. The first-order valence-electron chi connectivity index (χ1n) is 8.48. The minimum atomic E-state index is -0.842. The fourth-order valence-electron chi connectivity index (χ4n) is 2.10. The Morgan fingerprint density at radius 1 is 1.12 bits per heavy atom. The van der Waals surface area contributed by atoms with E-state index < -0.39 is 29.9 Å². The molecule has 0 aromatic carbocycles. The highest BCUT2D eigenvalue weighted by Gasteiger charge is 2.25. The summed E-state index contributed by atoms with van der Waals surface area (Å²) in [5, 5.41) is 14.8. The fraction of sp³-hybridized carbons (Fsp3) is 0.733. The lowest BCUT2D eigenvalue weighted by molar-refractivity contribution is -0.130. The molecule has 0 heterocycles. The fourth-order valence-corrected chi connectivity index (χ4v) is 2.27. The molecule has 0 bridgehead atoms. The topological polar surface area (TPSA) is 189 Å². The molecular formula is C15H30N7O3S. The van der Waals surface area contributed by atoms with E-state index in [4.69, 9.17) is 22.6 Å². The second kappa shape index (κ2) is 14.3. The van der Waals surface area contributed by atoms with Crippen molar-refractivity contribution in [1.82, 2.24) is 16.0 Å². The van der Waals surface area contributed by atoms with E-state index in [0.29, 0.717) is 45.2 Å². The third kappa shape index (κ3) is 10.9. The van der Waals surface area contributed by atoms with Crippen LogP contribution in [0.1, 0.15) is 32.1 Å². The Labute approximate surface area is 159 Å². The van der Waals surface area contributed by atoms with Crippen molar-refractivity contribution in [3.63, 3.8) is 0 Å². The molecule has 1 radical (unpaired) electrons. The number of carbonyl (C=O) groups excluding carboxylic acids is 3. The van der Waals surface area contributed by atoms with Crippen LogP contribution in [-0.2, 0) is 14.4 Å². The van der Waals surface area contributed by atoms with Gasteiger partial charge in [0.05, 0.1) is 6.04 Å². The summed E-state index contributed by atoms with van der Waals surface area (Å²) in [6.45, 7) is 0.905. The van der Waals surface area contributed by atoms with E-state index in [-0.39, 0.29) is 11.7 Å². The van der Waals surface area contributed by atoms with Gasteiger partial charge in [0.1, 0.15) is 12.1 Å². The molecule has 26 heavy (non-hydrogen) atoms. The van der Waals surface area contributed by atoms with Crippen LogP contribution in [0.5, 0.6) is 0 Å². The van der Waals surface area contributed by atoms with Crippen LogP contribution in [0.25, 0.3) is 0 Å². The second-order valence-corrected chi connectivity index (χ2v) is 6.16. The van der Waals surface area contributed by atoms with E-state index in [9.17, 15) is 14.4 Å². The van der Waals surface area contributed by atoms with Crippen molar-refractivity contribution in [2.45, 2.75) is 50.2 Å². The van der Waals surface area contributed by atoms with Crippen molar-refractivity contribution in [1.29, 1.82) is 5.41 Å². The van der Waals surface area contributed by atoms with Crippen LogP contribution in [-0.4, -0.2) is 61.0 Å². The number of nitrogens with two attached hydrogens (primary N) is 3. The van der Waals surface area contributed by atoms with Gasteiger partial charge in [0.15, 0.2) is 5.96 Å². The molecule has 3 atom stereocenters. The predicted molar refractivity (Wildman–Crippen MR) is 103 cm³/mol. The Bertz CT molecular complexity index is 465. The van der Waals surface area contributed by atoms with Crippen LogP contribution in [0.3, 0.4) is 0 Å². The van der Waals surface area contributed by atoms with Crippen LogP contribution < -0.4 is 33.2 Å². The van der Waals surface area contributed by atoms with Crippen molar-refractivity contribution < 1.29 is 14.4 Å². The first-order valence-corrected chi connectivity index (χ1v) is 9.11. The molecule has 10 N–H and O–H groups in total. The third-order valence-corrected chi connectivity index (χ3v) is 3.93. The highest BCUT2D eigenvalue weighted by Crippen LogP contribution is 2.03. The molecule has 0 aliphatic rings. The smallest absolute Gasteiger partial charge is 0.243 e. The summed E-state index contributed by atoms with van der Waals surface area (Å²) in [7, 11) is 0. The molecule has 10 nitrogen and oxygen atoms in total. The summed E-state index contributed by atoms with van der Waals surface area (Å²) in [5.41, 5.74) is 16.5.